The van der Waals surface area contributed by atoms with E-state index in [1.54, 1.807) is 0 Å². The van der Waals surface area contributed by atoms with Gasteiger partial charge in [-0.05, 0) is 19.8 Å². The fourth-order valence-corrected chi connectivity index (χ4v) is 2.38. The molecule has 0 aliphatic carbocycles. The van der Waals surface area contributed by atoms with Crippen LogP contribution in [-0.4, -0.2) is 29.5 Å². The van der Waals surface area contributed by atoms with Crippen molar-refractivity contribution < 1.29 is 0 Å². The van der Waals surface area contributed by atoms with Crippen LogP contribution >= 0.6 is 0 Å². The third-order valence-corrected chi connectivity index (χ3v) is 3.21. The van der Waals surface area contributed by atoms with Crippen molar-refractivity contribution >= 4 is 5.96 Å². The van der Waals surface area contributed by atoms with Gasteiger partial charge < -0.3 is 10.6 Å². The highest BCUT2D eigenvalue weighted by Gasteiger charge is 2.32. The van der Waals surface area contributed by atoms with Gasteiger partial charge in [0, 0.05) is 6.04 Å². The van der Waals surface area contributed by atoms with Crippen LogP contribution in [0.15, 0.2) is 4.99 Å². The monoisotopic (exact) mass is 197 g/mol. The first-order chi connectivity index (χ1) is 6.61. The highest BCUT2D eigenvalue weighted by molar-refractivity contribution is 5.80. The number of hydrogen-bond donors (Lipinski definition) is 1. The van der Waals surface area contributed by atoms with Gasteiger partial charge in [-0.1, -0.05) is 26.7 Å². The molecule has 1 rings (SSSR count). The van der Waals surface area contributed by atoms with Crippen LogP contribution in [0, 0.1) is 5.92 Å². The Labute approximate surface area is 87.4 Å². The summed E-state index contributed by atoms with van der Waals surface area (Å²) in [6, 6.07) is 0.997. The Balaban J connectivity index is 2.71. The minimum absolute atomic E-state index is 0.465. The van der Waals surface area contributed by atoms with Crippen LogP contribution in [0.3, 0.4) is 0 Å². The van der Waals surface area contributed by atoms with Crippen LogP contribution in [0.5, 0.6) is 0 Å². The van der Waals surface area contributed by atoms with E-state index in [2.05, 4.69) is 37.6 Å². The van der Waals surface area contributed by atoms with Gasteiger partial charge in [-0.2, -0.15) is 0 Å². The van der Waals surface area contributed by atoms with Crippen molar-refractivity contribution in [3.63, 3.8) is 0 Å². The van der Waals surface area contributed by atoms with Crippen LogP contribution in [0.25, 0.3) is 0 Å². The molecule has 3 heteroatoms. The van der Waals surface area contributed by atoms with Crippen molar-refractivity contribution in [1.82, 2.24) is 4.90 Å². The van der Waals surface area contributed by atoms with E-state index < -0.39 is 0 Å². The minimum Gasteiger partial charge on any atom is -0.370 e. The molecule has 2 N–H and O–H groups in total. The van der Waals surface area contributed by atoms with Crippen LogP contribution in [-0.2, 0) is 0 Å². The first kappa shape index (κ1) is 11.3. The first-order valence-corrected chi connectivity index (χ1v) is 5.70. The lowest BCUT2D eigenvalue weighted by Crippen LogP contribution is -2.48. The molecule has 0 spiro atoms. The summed E-state index contributed by atoms with van der Waals surface area (Å²) in [5.74, 6) is 1.46. The molecule has 0 aromatic carbocycles. The predicted octanol–water partition coefficient (Wildman–Crippen LogP) is 1.83. The molecule has 1 heterocycles. The number of rotatable bonds is 4. The van der Waals surface area contributed by atoms with E-state index in [0.717, 1.165) is 18.4 Å². The van der Waals surface area contributed by atoms with Crippen LogP contribution in [0.1, 0.15) is 40.5 Å². The van der Waals surface area contributed by atoms with Crippen molar-refractivity contribution in [3.8, 4) is 0 Å². The Morgan fingerprint density at radius 3 is 2.43 bits per heavy atom. The highest BCUT2D eigenvalue weighted by Crippen LogP contribution is 2.24. The normalized spacial score (nSPS) is 22.3. The SMILES string of the molecule is CCC(CC)C1CN=C(N)N1C(C)C. The van der Waals surface area contributed by atoms with Crippen LogP contribution in [0.4, 0.5) is 0 Å². The predicted molar refractivity (Wildman–Crippen MR) is 61.3 cm³/mol. The summed E-state index contributed by atoms with van der Waals surface area (Å²) in [6.07, 6.45) is 2.43. The van der Waals surface area contributed by atoms with E-state index in [-0.39, 0.29) is 0 Å². The van der Waals surface area contributed by atoms with Gasteiger partial charge in [0.2, 0.25) is 0 Å². The maximum absolute atomic E-state index is 5.89. The maximum Gasteiger partial charge on any atom is 0.191 e. The van der Waals surface area contributed by atoms with Crippen molar-refractivity contribution in [2.45, 2.75) is 52.6 Å². The second kappa shape index (κ2) is 4.67. The third-order valence-electron chi connectivity index (χ3n) is 3.21. The van der Waals surface area contributed by atoms with Crippen LogP contribution < -0.4 is 5.73 Å². The fraction of sp³-hybridized carbons (Fsp3) is 0.909. The van der Waals surface area contributed by atoms with Crippen molar-refractivity contribution in [3.05, 3.63) is 0 Å². The van der Waals surface area contributed by atoms with E-state index in [0.29, 0.717) is 12.1 Å². The van der Waals surface area contributed by atoms with Crippen molar-refractivity contribution in [2.24, 2.45) is 16.6 Å². The van der Waals surface area contributed by atoms with Gasteiger partial charge in [-0.3, -0.25) is 4.99 Å². The zero-order valence-electron chi connectivity index (χ0n) is 9.83. The molecule has 0 radical (unpaired) electrons. The Bertz CT molecular complexity index is 207. The van der Waals surface area contributed by atoms with Gasteiger partial charge in [-0.25, -0.2) is 0 Å². The Kier molecular flexibility index (Phi) is 3.78. The Morgan fingerprint density at radius 1 is 1.43 bits per heavy atom. The lowest BCUT2D eigenvalue weighted by atomic mass is 9.93. The number of aliphatic imine (C=N–C) groups is 1. The molecule has 0 bridgehead atoms. The summed E-state index contributed by atoms with van der Waals surface area (Å²) in [4.78, 5) is 6.63. The van der Waals surface area contributed by atoms with Gasteiger partial charge in [0.1, 0.15) is 0 Å². The molecule has 14 heavy (non-hydrogen) atoms. The second-order valence-corrected chi connectivity index (χ2v) is 4.34. The standard InChI is InChI=1S/C11H23N3/c1-5-9(6-2)10-7-13-11(12)14(10)8(3)4/h8-10H,5-7H2,1-4H3,(H2,12,13). The molecule has 0 saturated heterocycles. The average molecular weight is 197 g/mol. The smallest absolute Gasteiger partial charge is 0.191 e. The zero-order valence-corrected chi connectivity index (χ0v) is 9.83. The molecular formula is C11H23N3. The Hall–Kier alpha value is -0.730. The molecular weight excluding hydrogens is 174 g/mol. The van der Waals surface area contributed by atoms with E-state index >= 15 is 0 Å². The summed E-state index contributed by atoms with van der Waals surface area (Å²) in [7, 11) is 0. The third kappa shape index (κ3) is 2.02. The number of nitrogens with two attached hydrogens (primary N) is 1. The topological polar surface area (TPSA) is 41.6 Å². The minimum atomic E-state index is 0.465. The van der Waals surface area contributed by atoms with Gasteiger partial charge in [0.25, 0.3) is 0 Å². The first-order valence-electron chi connectivity index (χ1n) is 5.70. The molecule has 0 saturated carbocycles. The Morgan fingerprint density at radius 2 is 2.00 bits per heavy atom. The zero-order chi connectivity index (χ0) is 10.7. The summed E-state index contributed by atoms with van der Waals surface area (Å²) in [5, 5.41) is 0. The van der Waals surface area contributed by atoms with Crippen molar-refractivity contribution in [2.75, 3.05) is 6.54 Å². The quantitative estimate of drug-likeness (QED) is 0.747. The van der Waals surface area contributed by atoms with Crippen LogP contribution in [0.2, 0.25) is 0 Å². The van der Waals surface area contributed by atoms with E-state index in [1.807, 2.05) is 0 Å². The molecule has 0 amide bonds. The average Bonchev–Trinajstić information content (AvgIpc) is 2.50. The lowest BCUT2D eigenvalue weighted by molar-refractivity contribution is 0.205. The largest absolute Gasteiger partial charge is 0.370 e. The van der Waals surface area contributed by atoms with Gasteiger partial charge in [0.15, 0.2) is 5.96 Å². The number of guanidine groups is 1. The molecule has 1 atom stereocenters. The van der Waals surface area contributed by atoms with E-state index in [9.17, 15) is 0 Å². The van der Waals surface area contributed by atoms with Crippen molar-refractivity contribution in [1.29, 1.82) is 0 Å². The highest BCUT2D eigenvalue weighted by atomic mass is 15.3. The summed E-state index contributed by atoms with van der Waals surface area (Å²) >= 11 is 0. The molecule has 82 valence electrons. The van der Waals surface area contributed by atoms with E-state index in [4.69, 9.17) is 5.73 Å². The molecule has 0 aromatic rings. The van der Waals surface area contributed by atoms with Gasteiger partial charge in [-0.15, -0.1) is 0 Å². The molecule has 3 nitrogen and oxygen atoms in total. The summed E-state index contributed by atoms with van der Waals surface area (Å²) < 4.78 is 0. The summed E-state index contributed by atoms with van der Waals surface area (Å²) in [6.45, 7) is 9.75. The number of hydrogen-bond acceptors (Lipinski definition) is 3. The van der Waals surface area contributed by atoms with Gasteiger partial charge >= 0.3 is 0 Å². The molecule has 1 aliphatic rings. The molecule has 0 fully saturated rings. The molecule has 1 aliphatic heterocycles. The fourth-order valence-electron chi connectivity index (χ4n) is 2.38. The lowest BCUT2D eigenvalue weighted by Gasteiger charge is -2.34. The maximum atomic E-state index is 5.89. The molecule has 1 unspecified atom stereocenters. The summed E-state index contributed by atoms with van der Waals surface area (Å²) in [5.41, 5.74) is 5.89. The second-order valence-electron chi connectivity index (χ2n) is 4.34. The van der Waals surface area contributed by atoms with E-state index in [1.165, 1.54) is 12.8 Å². The molecule has 0 aromatic heterocycles. The van der Waals surface area contributed by atoms with Gasteiger partial charge in [0.05, 0.1) is 12.6 Å². The number of nitrogens with zero attached hydrogens (tertiary/aromatic N) is 2.